The maximum Gasteiger partial charge on any atom is 0.146 e. The SMILES string of the molecule is CCCC(C)(C)Nc1ncnc(N)c1Br. The average Bonchev–Trinajstić information content (AvgIpc) is 2.12. The van der Waals surface area contributed by atoms with E-state index >= 15 is 0 Å². The van der Waals surface area contributed by atoms with Crippen LogP contribution in [0.25, 0.3) is 0 Å². The third-order valence-electron chi connectivity index (χ3n) is 2.15. The topological polar surface area (TPSA) is 63.8 Å². The lowest BCUT2D eigenvalue weighted by Crippen LogP contribution is -2.31. The molecule has 0 fully saturated rings. The molecule has 0 atom stereocenters. The zero-order chi connectivity index (χ0) is 11.5. The van der Waals surface area contributed by atoms with Crippen LogP contribution in [0.2, 0.25) is 0 Å². The van der Waals surface area contributed by atoms with Crippen LogP contribution in [-0.4, -0.2) is 15.5 Å². The highest BCUT2D eigenvalue weighted by molar-refractivity contribution is 9.10. The van der Waals surface area contributed by atoms with E-state index in [4.69, 9.17) is 5.73 Å². The summed E-state index contributed by atoms with van der Waals surface area (Å²) in [6.07, 6.45) is 3.66. The van der Waals surface area contributed by atoms with Gasteiger partial charge in [0.05, 0.1) is 0 Å². The molecular formula is C10H17BrN4. The minimum Gasteiger partial charge on any atom is -0.383 e. The monoisotopic (exact) mass is 272 g/mol. The first-order chi connectivity index (χ1) is 6.96. The Morgan fingerprint density at radius 2 is 2.13 bits per heavy atom. The van der Waals surface area contributed by atoms with E-state index in [1.807, 2.05) is 0 Å². The molecule has 5 heteroatoms. The molecule has 0 aromatic carbocycles. The highest BCUT2D eigenvalue weighted by atomic mass is 79.9. The van der Waals surface area contributed by atoms with Crippen LogP contribution < -0.4 is 11.1 Å². The van der Waals surface area contributed by atoms with Gasteiger partial charge in [0.25, 0.3) is 0 Å². The second kappa shape index (κ2) is 4.79. The Balaban J connectivity index is 2.85. The Hall–Kier alpha value is -0.840. The van der Waals surface area contributed by atoms with Crippen molar-refractivity contribution in [3.63, 3.8) is 0 Å². The zero-order valence-electron chi connectivity index (χ0n) is 9.34. The Labute approximate surface area is 98.8 Å². The molecule has 0 spiro atoms. The van der Waals surface area contributed by atoms with Crippen molar-refractivity contribution in [2.75, 3.05) is 11.1 Å². The second-order valence-electron chi connectivity index (χ2n) is 4.18. The number of anilines is 2. The largest absolute Gasteiger partial charge is 0.383 e. The molecule has 0 aliphatic carbocycles. The highest BCUT2D eigenvalue weighted by Crippen LogP contribution is 2.27. The number of hydrogen-bond acceptors (Lipinski definition) is 4. The van der Waals surface area contributed by atoms with E-state index in [0.717, 1.165) is 23.1 Å². The minimum atomic E-state index is 0.0120. The molecule has 0 amide bonds. The smallest absolute Gasteiger partial charge is 0.146 e. The van der Waals surface area contributed by atoms with Crippen molar-refractivity contribution in [2.45, 2.75) is 39.2 Å². The van der Waals surface area contributed by atoms with E-state index in [2.05, 4.69) is 52.0 Å². The van der Waals surface area contributed by atoms with Gasteiger partial charge in [-0.3, -0.25) is 0 Å². The van der Waals surface area contributed by atoms with Gasteiger partial charge in [0.15, 0.2) is 0 Å². The van der Waals surface area contributed by atoms with Crippen LogP contribution in [0.5, 0.6) is 0 Å². The fourth-order valence-corrected chi connectivity index (χ4v) is 1.78. The molecule has 1 heterocycles. The predicted molar refractivity (Wildman–Crippen MR) is 66.8 cm³/mol. The molecule has 3 N–H and O–H groups in total. The van der Waals surface area contributed by atoms with Crippen LogP contribution in [0.4, 0.5) is 11.6 Å². The molecule has 0 saturated carbocycles. The number of nitrogens with zero attached hydrogens (tertiary/aromatic N) is 2. The molecule has 0 bridgehead atoms. The number of nitrogens with one attached hydrogen (secondary N) is 1. The van der Waals surface area contributed by atoms with Crippen molar-refractivity contribution in [1.82, 2.24) is 9.97 Å². The van der Waals surface area contributed by atoms with Gasteiger partial charge in [-0.2, -0.15) is 0 Å². The Morgan fingerprint density at radius 3 is 2.73 bits per heavy atom. The first-order valence-corrected chi connectivity index (χ1v) is 5.79. The molecule has 0 saturated heterocycles. The fourth-order valence-electron chi connectivity index (χ4n) is 1.48. The van der Waals surface area contributed by atoms with Crippen molar-refractivity contribution >= 4 is 27.6 Å². The van der Waals surface area contributed by atoms with Crippen LogP contribution in [0, 0.1) is 0 Å². The summed E-state index contributed by atoms with van der Waals surface area (Å²) in [5.41, 5.74) is 5.69. The number of nitrogens with two attached hydrogens (primary N) is 1. The summed E-state index contributed by atoms with van der Waals surface area (Å²) in [7, 11) is 0. The Morgan fingerprint density at radius 1 is 1.47 bits per heavy atom. The fraction of sp³-hybridized carbons (Fsp3) is 0.600. The van der Waals surface area contributed by atoms with E-state index in [9.17, 15) is 0 Å². The van der Waals surface area contributed by atoms with Gasteiger partial charge in [0.2, 0.25) is 0 Å². The molecule has 1 rings (SSSR count). The van der Waals surface area contributed by atoms with Gasteiger partial charge in [-0.25, -0.2) is 9.97 Å². The standard InChI is InChI=1S/C10H17BrN4/c1-4-5-10(2,3)15-9-7(11)8(12)13-6-14-9/h6H,4-5H2,1-3H3,(H3,12,13,14,15). The minimum absolute atomic E-state index is 0.0120. The van der Waals surface area contributed by atoms with Crippen LogP contribution >= 0.6 is 15.9 Å². The normalized spacial score (nSPS) is 11.5. The molecule has 0 radical (unpaired) electrons. The first-order valence-electron chi connectivity index (χ1n) is 5.00. The van der Waals surface area contributed by atoms with Crippen LogP contribution in [0.15, 0.2) is 10.8 Å². The van der Waals surface area contributed by atoms with Crippen LogP contribution in [0.1, 0.15) is 33.6 Å². The van der Waals surface area contributed by atoms with Crippen molar-refractivity contribution in [3.05, 3.63) is 10.8 Å². The molecule has 15 heavy (non-hydrogen) atoms. The summed E-state index contributed by atoms with van der Waals surface area (Å²) in [5.74, 6) is 1.21. The molecular weight excluding hydrogens is 256 g/mol. The van der Waals surface area contributed by atoms with Crippen LogP contribution in [-0.2, 0) is 0 Å². The van der Waals surface area contributed by atoms with Gasteiger partial charge in [-0.15, -0.1) is 0 Å². The van der Waals surface area contributed by atoms with Gasteiger partial charge < -0.3 is 11.1 Å². The molecule has 0 aliphatic heterocycles. The molecule has 1 aromatic heterocycles. The Kier molecular flexibility index (Phi) is 3.90. The van der Waals surface area contributed by atoms with Crippen molar-refractivity contribution in [1.29, 1.82) is 0 Å². The summed E-state index contributed by atoms with van der Waals surface area (Å²) < 4.78 is 0.731. The number of nitrogen functional groups attached to an aromatic ring is 1. The third kappa shape index (κ3) is 3.34. The molecule has 0 unspecified atom stereocenters. The maximum atomic E-state index is 5.68. The van der Waals surface area contributed by atoms with E-state index in [1.54, 1.807) is 0 Å². The summed E-state index contributed by atoms with van der Waals surface area (Å²) in [4.78, 5) is 8.05. The maximum absolute atomic E-state index is 5.68. The van der Waals surface area contributed by atoms with E-state index < -0.39 is 0 Å². The number of halogens is 1. The van der Waals surface area contributed by atoms with E-state index in [-0.39, 0.29) is 5.54 Å². The molecule has 0 aliphatic rings. The summed E-state index contributed by atoms with van der Waals surface area (Å²) >= 11 is 3.37. The number of aromatic nitrogens is 2. The quantitative estimate of drug-likeness (QED) is 0.885. The predicted octanol–water partition coefficient (Wildman–Crippen LogP) is 2.81. The summed E-state index contributed by atoms with van der Waals surface area (Å²) in [6, 6.07) is 0. The van der Waals surface area contributed by atoms with Gasteiger partial charge in [-0.05, 0) is 36.2 Å². The first kappa shape index (κ1) is 12.2. The van der Waals surface area contributed by atoms with Crippen molar-refractivity contribution in [3.8, 4) is 0 Å². The zero-order valence-corrected chi connectivity index (χ0v) is 10.9. The van der Waals surface area contributed by atoms with Gasteiger partial charge >= 0.3 is 0 Å². The lowest BCUT2D eigenvalue weighted by atomic mass is 9.99. The molecule has 1 aromatic rings. The van der Waals surface area contributed by atoms with Gasteiger partial charge in [-0.1, -0.05) is 13.3 Å². The van der Waals surface area contributed by atoms with Crippen molar-refractivity contribution in [2.24, 2.45) is 0 Å². The lowest BCUT2D eigenvalue weighted by Gasteiger charge is -2.26. The highest BCUT2D eigenvalue weighted by Gasteiger charge is 2.18. The van der Waals surface area contributed by atoms with Gasteiger partial charge in [0.1, 0.15) is 22.4 Å². The second-order valence-corrected chi connectivity index (χ2v) is 4.97. The van der Waals surface area contributed by atoms with E-state index in [1.165, 1.54) is 6.33 Å². The number of rotatable bonds is 4. The number of hydrogen-bond donors (Lipinski definition) is 2. The summed E-state index contributed by atoms with van der Waals surface area (Å²) in [6.45, 7) is 6.44. The summed E-state index contributed by atoms with van der Waals surface area (Å²) in [5, 5.41) is 3.35. The molecule has 84 valence electrons. The lowest BCUT2D eigenvalue weighted by molar-refractivity contribution is 0.508. The van der Waals surface area contributed by atoms with Crippen molar-refractivity contribution < 1.29 is 0 Å². The Bertz CT molecular complexity index is 338. The molecule has 4 nitrogen and oxygen atoms in total. The van der Waals surface area contributed by atoms with Gasteiger partial charge in [0, 0.05) is 5.54 Å². The average molecular weight is 273 g/mol. The third-order valence-corrected chi connectivity index (χ3v) is 2.93. The van der Waals surface area contributed by atoms with Crippen LogP contribution in [0.3, 0.4) is 0 Å². The van der Waals surface area contributed by atoms with E-state index in [0.29, 0.717) is 5.82 Å².